The molecule has 0 aliphatic carbocycles. The predicted octanol–water partition coefficient (Wildman–Crippen LogP) is 1.53. The number of hydrogen-bond acceptors (Lipinski definition) is 5. The second kappa shape index (κ2) is 7.20. The number of fused-ring (bicyclic) bond motifs is 1. The van der Waals surface area contributed by atoms with Crippen molar-refractivity contribution < 1.29 is 9.53 Å². The first-order valence-corrected chi connectivity index (χ1v) is 9.38. The lowest BCUT2D eigenvalue weighted by molar-refractivity contribution is -0.144. The highest BCUT2D eigenvalue weighted by Gasteiger charge is 2.27. The van der Waals surface area contributed by atoms with Crippen LogP contribution in [-0.4, -0.2) is 55.7 Å². The topological polar surface area (TPSA) is 82.2 Å². The van der Waals surface area contributed by atoms with E-state index in [4.69, 9.17) is 4.74 Å². The number of aryl methyl sites for hydroxylation is 1. The maximum atomic E-state index is 13.1. The maximum Gasteiger partial charge on any atom is 0.293 e. The number of morpholine rings is 1. The second-order valence-corrected chi connectivity index (χ2v) is 7.26. The van der Waals surface area contributed by atoms with Crippen molar-refractivity contribution in [2.45, 2.75) is 39.5 Å². The van der Waals surface area contributed by atoms with Crippen LogP contribution in [0.1, 0.15) is 19.5 Å². The normalized spacial score (nSPS) is 19.9. The average molecular weight is 381 g/mol. The SMILES string of the molecule is Cc1nn(CC(=O)N2C[C@@H](C)O[C@H](C)C2)c(=O)c2c1cnn2-c1ccccc1. The molecule has 1 aromatic carbocycles. The van der Waals surface area contributed by atoms with Crippen molar-refractivity contribution in [3.05, 3.63) is 52.6 Å². The number of nitrogens with zero attached hydrogens (tertiary/aromatic N) is 5. The molecular formula is C20H23N5O3. The predicted molar refractivity (Wildman–Crippen MR) is 104 cm³/mol. The molecule has 3 heterocycles. The van der Waals surface area contributed by atoms with Gasteiger partial charge in [-0.25, -0.2) is 9.36 Å². The van der Waals surface area contributed by atoms with Crippen molar-refractivity contribution in [2.24, 2.45) is 0 Å². The molecule has 28 heavy (non-hydrogen) atoms. The fourth-order valence-electron chi connectivity index (χ4n) is 3.70. The van der Waals surface area contributed by atoms with Gasteiger partial charge in [0.15, 0.2) is 0 Å². The Morgan fingerprint density at radius 3 is 2.54 bits per heavy atom. The van der Waals surface area contributed by atoms with Gasteiger partial charge in [-0.2, -0.15) is 10.2 Å². The monoisotopic (exact) mass is 381 g/mol. The number of carbonyl (C=O) groups is 1. The van der Waals surface area contributed by atoms with E-state index in [0.29, 0.717) is 29.7 Å². The molecule has 8 nitrogen and oxygen atoms in total. The minimum Gasteiger partial charge on any atom is -0.372 e. The Balaban J connectivity index is 1.71. The molecule has 0 bridgehead atoms. The fraction of sp³-hybridized carbons (Fsp3) is 0.400. The highest BCUT2D eigenvalue weighted by atomic mass is 16.5. The van der Waals surface area contributed by atoms with Crippen molar-refractivity contribution in [3.63, 3.8) is 0 Å². The molecule has 1 aliphatic rings. The average Bonchev–Trinajstić information content (AvgIpc) is 3.12. The Bertz CT molecular complexity index is 1060. The zero-order valence-corrected chi connectivity index (χ0v) is 16.2. The number of ether oxygens (including phenoxy) is 1. The van der Waals surface area contributed by atoms with E-state index in [1.165, 1.54) is 4.68 Å². The quantitative estimate of drug-likeness (QED) is 0.687. The van der Waals surface area contributed by atoms with Gasteiger partial charge in [-0.3, -0.25) is 9.59 Å². The highest BCUT2D eigenvalue weighted by molar-refractivity contribution is 5.82. The van der Waals surface area contributed by atoms with Gasteiger partial charge in [0.25, 0.3) is 5.56 Å². The molecule has 0 unspecified atom stereocenters. The summed E-state index contributed by atoms with van der Waals surface area (Å²) in [6.07, 6.45) is 1.59. The summed E-state index contributed by atoms with van der Waals surface area (Å²) in [6.45, 7) is 6.62. The van der Waals surface area contributed by atoms with Crippen LogP contribution in [0.2, 0.25) is 0 Å². The third-order valence-electron chi connectivity index (χ3n) is 4.92. The summed E-state index contributed by atoms with van der Waals surface area (Å²) in [5.41, 5.74) is 1.54. The van der Waals surface area contributed by atoms with E-state index < -0.39 is 0 Å². The van der Waals surface area contributed by atoms with Crippen LogP contribution in [0, 0.1) is 6.92 Å². The van der Waals surface area contributed by atoms with Crippen LogP contribution in [0.15, 0.2) is 41.3 Å². The van der Waals surface area contributed by atoms with Crippen molar-refractivity contribution in [1.29, 1.82) is 0 Å². The van der Waals surface area contributed by atoms with Gasteiger partial charge in [-0.05, 0) is 32.9 Å². The van der Waals surface area contributed by atoms with Crippen molar-refractivity contribution >= 4 is 16.8 Å². The highest BCUT2D eigenvalue weighted by Crippen LogP contribution is 2.17. The minimum atomic E-state index is -0.329. The third-order valence-corrected chi connectivity index (χ3v) is 4.92. The third kappa shape index (κ3) is 3.31. The first kappa shape index (κ1) is 18.4. The molecule has 4 rings (SSSR count). The zero-order valence-electron chi connectivity index (χ0n) is 16.2. The Morgan fingerprint density at radius 2 is 1.86 bits per heavy atom. The van der Waals surface area contributed by atoms with Gasteiger partial charge in [0, 0.05) is 18.5 Å². The molecular weight excluding hydrogens is 358 g/mol. The number of benzene rings is 1. The fourth-order valence-corrected chi connectivity index (χ4v) is 3.70. The Morgan fingerprint density at radius 1 is 1.18 bits per heavy atom. The van der Waals surface area contributed by atoms with E-state index in [9.17, 15) is 9.59 Å². The van der Waals surface area contributed by atoms with Gasteiger partial charge < -0.3 is 9.64 Å². The summed E-state index contributed by atoms with van der Waals surface area (Å²) in [7, 11) is 0. The summed E-state index contributed by atoms with van der Waals surface area (Å²) in [5.74, 6) is -0.138. The van der Waals surface area contributed by atoms with Gasteiger partial charge >= 0.3 is 0 Å². The van der Waals surface area contributed by atoms with Crippen LogP contribution in [0.3, 0.4) is 0 Å². The Labute approximate surface area is 162 Å². The lowest BCUT2D eigenvalue weighted by atomic mass is 10.2. The van der Waals surface area contributed by atoms with Crippen LogP contribution in [0.4, 0.5) is 0 Å². The molecule has 1 fully saturated rings. The largest absolute Gasteiger partial charge is 0.372 e. The number of rotatable bonds is 3. The second-order valence-electron chi connectivity index (χ2n) is 7.26. The van der Waals surface area contributed by atoms with E-state index in [0.717, 1.165) is 5.69 Å². The van der Waals surface area contributed by atoms with Gasteiger partial charge in [-0.15, -0.1) is 0 Å². The van der Waals surface area contributed by atoms with Gasteiger partial charge in [0.05, 0.1) is 29.8 Å². The molecule has 0 radical (unpaired) electrons. The minimum absolute atomic E-state index is 0.0268. The van der Waals surface area contributed by atoms with Gasteiger partial charge in [0.1, 0.15) is 12.1 Å². The van der Waals surface area contributed by atoms with Crippen LogP contribution < -0.4 is 5.56 Å². The first-order chi connectivity index (χ1) is 13.4. The molecule has 2 aromatic heterocycles. The van der Waals surface area contributed by atoms with E-state index in [1.807, 2.05) is 51.1 Å². The van der Waals surface area contributed by atoms with Crippen LogP contribution in [-0.2, 0) is 16.1 Å². The lowest BCUT2D eigenvalue weighted by Gasteiger charge is -2.35. The van der Waals surface area contributed by atoms with E-state index in [1.54, 1.807) is 15.8 Å². The molecule has 3 aromatic rings. The van der Waals surface area contributed by atoms with E-state index >= 15 is 0 Å². The Kier molecular flexibility index (Phi) is 4.72. The summed E-state index contributed by atoms with van der Waals surface area (Å²) in [6, 6.07) is 9.45. The summed E-state index contributed by atoms with van der Waals surface area (Å²) in [5, 5.41) is 9.41. The standard InChI is InChI=1S/C20H23N5O3/c1-13-10-23(11-14(2)28-13)18(26)12-24-20(27)19-17(15(3)22-24)9-21-25(19)16-7-5-4-6-8-16/h4-9,13-14H,10-12H2,1-3H3/t13-,14-/m1/s1. The van der Waals surface area contributed by atoms with Gasteiger partial charge in [-0.1, -0.05) is 18.2 Å². The maximum absolute atomic E-state index is 13.1. The van der Waals surface area contributed by atoms with Crippen LogP contribution in [0.5, 0.6) is 0 Å². The van der Waals surface area contributed by atoms with Crippen LogP contribution >= 0.6 is 0 Å². The number of hydrogen-bond donors (Lipinski definition) is 0. The van der Waals surface area contributed by atoms with Crippen LogP contribution in [0.25, 0.3) is 16.6 Å². The Hall–Kier alpha value is -3.00. The first-order valence-electron chi connectivity index (χ1n) is 9.38. The number of aromatic nitrogens is 4. The lowest BCUT2D eigenvalue weighted by Crippen LogP contribution is -2.49. The molecule has 1 amide bonds. The zero-order chi connectivity index (χ0) is 19.8. The van der Waals surface area contributed by atoms with Crippen molar-refractivity contribution in [3.8, 4) is 5.69 Å². The molecule has 8 heteroatoms. The number of para-hydroxylation sites is 1. The van der Waals surface area contributed by atoms with E-state index in [2.05, 4.69) is 10.2 Å². The summed E-state index contributed by atoms with van der Waals surface area (Å²) < 4.78 is 8.53. The van der Waals surface area contributed by atoms with E-state index in [-0.39, 0.29) is 30.2 Å². The van der Waals surface area contributed by atoms with Gasteiger partial charge in [0.2, 0.25) is 5.91 Å². The molecule has 0 spiro atoms. The van der Waals surface area contributed by atoms with Crippen molar-refractivity contribution in [1.82, 2.24) is 24.5 Å². The molecule has 0 N–H and O–H groups in total. The van der Waals surface area contributed by atoms with Crippen molar-refractivity contribution in [2.75, 3.05) is 13.1 Å². The smallest absolute Gasteiger partial charge is 0.293 e. The molecule has 146 valence electrons. The molecule has 1 aliphatic heterocycles. The molecule has 1 saturated heterocycles. The number of carbonyl (C=O) groups excluding carboxylic acids is 1. The summed E-state index contributed by atoms with van der Waals surface area (Å²) >= 11 is 0. The summed E-state index contributed by atoms with van der Waals surface area (Å²) in [4.78, 5) is 27.7. The number of amides is 1. The molecule has 0 saturated carbocycles. The molecule has 2 atom stereocenters.